The molecule has 0 aliphatic rings. The molecule has 3 heterocycles. The summed E-state index contributed by atoms with van der Waals surface area (Å²) < 4.78 is 61.6. The van der Waals surface area contributed by atoms with E-state index >= 15 is 0 Å². The normalized spacial score (nSPS) is 12.6. The molecule has 14 heteroatoms. The Hall–Kier alpha value is -3.51. The molecule has 1 atom stereocenters. The number of benzene rings is 1. The van der Waals surface area contributed by atoms with E-state index in [4.69, 9.17) is 41.9 Å². The van der Waals surface area contributed by atoms with Gasteiger partial charge in [0.15, 0.2) is 17.5 Å². The third-order valence-corrected chi connectivity index (χ3v) is 5.50. The highest BCUT2D eigenvalue weighted by atomic mass is 35.5. The van der Waals surface area contributed by atoms with Crippen LogP contribution in [0.5, 0.6) is 11.5 Å². The quantitative estimate of drug-likeness (QED) is 0.272. The first kappa shape index (κ1) is 25.6. The van der Waals surface area contributed by atoms with Crippen LogP contribution in [-0.2, 0) is 15.7 Å². The van der Waals surface area contributed by atoms with Gasteiger partial charge in [-0.05, 0) is 26.0 Å². The molecule has 0 spiro atoms. The molecule has 9 nitrogen and oxygen atoms in total. The molecule has 4 rings (SSSR count). The van der Waals surface area contributed by atoms with Gasteiger partial charge in [-0.25, -0.2) is 9.78 Å². The van der Waals surface area contributed by atoms with Gasteiger partial charge in [0.2, 0.25) is 5.82 Å². The maximum atomic E-state index is 13.2. The van der Waals surface area contributed by atoms with Crippen LogP contribution in [0.1, 0.15) is 19.4 Å². The van der Waals surface area contributed by atoms with Crippen LogP contribution < -0.4 is 9.47 Å². The van der Waals surface area contributed by atoms with Crippen LogP contribution in [0.15, 0.2) is 35.1 Å². The number of esters is 1. The molecule has 0 saturated carbocycles. The predicted octanol–water partition coefficient (Wildman–Crippen LogP) is 5.72. The first-order valence-corrected chi connectivity index (χ1v) is 11.1. The maximum absolute atomic E-state index is 13.2. The third kappa shape index (κ3) is 5.05. The topological polar surface area (TPSA) is 101 Å². The highest BCUT2D eigenvalue weighted by Crippen LogP contribution is 2.38. The molecule has 36 heavy (non-hydrogen) atoms. The lowest BCUT2D eigenvalue weighted by atomic mass is 10.2. The van der Waals surface area contributed by atoms with Crippen molar-refractivity contribution in [1.82, 2.24) is 19.5 Å². The van der Waals surface area contributed by atoms with Gasteiger partial charge >= 0.3 is 12.1 Å². The minimum absolute atomic E-state index is 0.00670. The fourth-order valence-corrected chi connectivity index (χ4v) is 3.64. The third-order valence-electron chi connectivity index (χ3n) is 4.89. The van der Waals surface area contributed by atoms with Crippen LogP contribution in [0.4, 0.5) is 13.2 Å². The van der Waals surface area contributed by atoms with Gasteiger partial charge in [0.05, 0.1) is 34.9 Å². The summed E-state index contributed by atoms with van der Waals surface area (Å²) in [5.74, 6) is -0.544. The van der Waals surface area contributed by atoms with Crippen molar-refractivity contribution in [2.45, 2.75) is 26.1 Å². The number of rotatable bonds is 7. The first-order chi connectivity index (χ1) is 17.0. The van der Waals surface area contributed by atoms with Crippen LogP contribution in [0, 0.1) is 0 Å². The van der Waals surface area contributed by atoms with Crippen LogP contribution in [0.25, 0.3) is 28.6 Å². The second-order valence-electron chi connectivity index (χ2n) is 7.35. The summed E-state index contributed by atoms with van der Waals surface area (Å²) in [6, 6.07) is 3.64. The summed E-state index contributed by atoms with van der Waals surface area (Å²) in [7, 11) is 1.24. The number of fused-ring (bicyclic) bond motifs is 1. The summed E-state index contributed by atoms with van der Waals surface area (Å²) >= 11 is 12.6. The van der Waals surface area contributed by atoms with Crippen molar-refractivity contribution < 1.29 is 36.7 Å². The number of hydrogen-bond acceptors (Lipinski definition) is 8. The summed E-state index contributed by atoms with van der Waals surface area (Å²) in [6.07, 6.45) is -3.32. The Morgan fingerprint density at radius 3 is 2.56 bits per heavy atom. The van der Waals surface area contributed by atoms with Gasteiger partial charge in [0.1, 0.15) is 11.4 Å². The minimum atomic E-state index is -4.58. The SMILES string of the molecule is CCOC(=O)C(C)Oc1cc(Cl)c(-c2nc(-c3cn4cc(C(F)(F)F)cc(OC)c4n3)no2)cc1Cl. The van der Waals surface area contributed by atoms with Gasteiger partial charge in [-0.3, -0.25) is 0 Å². The predicted molar refractivity (Wildman–Crippen MR) is 122 cm³/mol. The second kappa shape index (κ2) is 9.86. The second-order valence-corrected chi connectivity index (χ2v) is 8.16. The van der Waals surface area contributed by atoms with Gasteiger partial charge in [-0.2, -0.15) is 18.2 Å². The van der Waals surface area contributed by atoms with Crippen molar-refractivity contribution in [1.29, 1.82) is 0 Å². The Morgan fingerprint density at radius 2 is 1.89 bits per heavy atom. The molecule has 0 amide bonds. The van der Waals surface area contributed by atoms with Crippen molar-refractivity contribution in [2.24, 2.45) is 0 Å². The Labute approximate surface area is 211 Å². The van der Waals surface area contributed by atoms with Crippen LogP contribution in [0.2, 0.25) is 10.0 Å². The average molecular weight is 545 g/mol. The standard InChI is InChI=1S/C22H17Cl2F3N4O5/c1-4-34-21(32)10(2)35-16-7-13(23)12(6-14(16)24)20-29-18(30-36-20)15-9-31-8-11(22(25,26)27)5-17(33-3)19(31)28-15/h5-10H,4H2,1-3H3. The Balaban J connectivity index is 1.65. The van der Waals surface area contributed by atoms with E-state index in [0.29, 0.717) is 0 Å². The molecule has 190 valence electrons. The van der Waals surface area contributed by atoms with Crippen LogP contribution in [-0.4, -0.2) is 45.3 Å². The summed E-state index contributed by atoms with van der Waals surface area (Å²) in [4.78, 5) is 20.3. The Kier molecular flexibility index (Phi) is 7.01. The van der Waals surface area contributed by atoms with E-state index in [-0.39, 0.29) is 56.8 Å². The number of carbonyl (C=O) groups is 1. The van der Waals surface area contributed by atoms with E-state index in [2.05, 4.69) is 15.1 Å². The molecule has 0 radical (unpaired) electrons. The van der Waals surface area contributed by atoms with Crippen LogP contribution >= 0.6 is 23.2 Å². The smallest absolute Gasteiger partial charge is 0.417 e. The zero-order chi connectivity index (χ0) is 26.2. The van der Waals surface area contributed by atoms with Gasteiger partial charge in [0, 0.05) is 18.5 Å². The highest BCUT2D eigenvalue weighted by molar-refractivity contribution is 6.36. The number of pyridine rings is 1. The largest absolute Gasteiger partial charge is 0.493 e. The lowest BCUT2D eigenvalue weighted by Crippen LogP contribution is -2.26. The number of aromatic nitrogens is 4. The number of alkyl halides is 3. The Morgan fingerprint density at radius 1 is 1.14 bits per heavy atom. The van der Waals surface area contributed by atoms with E-state index in [9.17, 15) is 18.0 Å². The van der Waals surface area contributed by atoms with Gasteiger partial charge in [-0.15, -0.1) is 0 Å². The molecule has 1 aromatic carbocycles. The van der Waals surface area contributed by atoms with Crippen molar-refractivity contribution >= 4 is 34.8 Å². The molecule has 0 saturated heterocycles. The maximum Gasteiger partial charge on any atom is 0.417 e. The molecule has 3 aromatic heterocycles. The molecule has 4 aromatic rings. The summed E-state index contributed by atoms with van der Waals surface area (Å²) in [6.45, 7) is 3.37. The molecular formula is C22H17Cl2F3N4O5. The van der Waals surface area contributed by atoms with Crippen molar-refractivity contribution in [2.75, 3.05) is 13.7 Å². The van der Waals surface area contributed by atoms with Crippen molar-refractivity contribution in [3.63, 3.8) is 0 Å². The molecular weight excluding hydrogens is 528 g/mol. The lowest BCUT2D eigenvalue weighted by molar-refractivity contribution is -0.150. The Bertz CT molecular complexity index is 1440. The molecule has 1 unspecified atom stereocenters. The fraction of sp³-hybridized carbons (Fsp3) is 0.273. The zero-order valence-corrected chi connectivity index (χ0v) is 20.4. The van der Waals surface area contributed by atoms with Crippen molar-refractivity contribution in [3.8, 4) is 34.5 Å². The number of carbonyl (C=O) groups excluding carboxylic acids is 1. The lowest BCUT2D eigenvalue weighted by Gasteiger charge is -2.15. The first-order valence-electron chi connectivity index (χ1n) is 10.3. The van der Waals surface area contributed by atoms with Gasteiger partial charge in [0.25, 0.3) is 5.89 Å². The summed E-state index contributed by atoms with van der Waals surface area (Å²) in [5.41, 5.74) is -0.388. The summed E-state index contributed by atoms with van der Waals surface area (Å²) in [5, 5.41) is 4.10. The number of halogens is 5. The van der Waals surface area contributed by atoms with E-state index in [0.717, 1.165) is 16.7 Å². The monoisotopic (exact) mass is 544 g/mol. The van der Waals surface area contributed by atoms with E-state index < -0.39 is 23.8 Å². The molecule has 0 fully saturated rings. The number of imidazole rings is 1. The molecule has 0 N–H and O–H groups in total. The number of ether oxygens (including phenoxy) is 3. The fourth-order valence-electron chi connectivity index (χ4n) is 3.20. The molecule has 0 aliphatic carbocycles. The van der Waals surface area contributed by atoms with E-state index in [1.54, 1.807) is 6.92 Å². The van der Waals surface area contributed by atoms with Crippen LogP contribution in [0.3, 0.4) is 0 Å². The van der Waals surface area contributed by atoms with E-state index in [1.807, 2.05) is 0 Å². The van der Waals surface area contributed by atoms with Gasteiger partial charge < -0.3 is 23.1 Å². The molecule has 0 aliphatic heterocycles. The minimum Gasteiger partial charge on any atom is -0.493 e. The van der Waals surface area contributed by atoms with E-state index in [1.165, 1.54) is 32.4 Å². The van der Waals surface area contributed by atoms with Crippen molar-refractivity contribution in [3.05, 3.63) is 46.2 Å². The number of hydrogen-bond donors (Lipinski definition) is 0. The number of methoxy groups -OCH3 is 1. The number of nitrogens with zero attached hydrogens (tertiary/aromatic N) is 4. The average Bonchev–Trinajstić information content (AvgIpc) is 3.47. The van der Waals surface area contributed by atoms with Gasteiger partial charge in [-0.1, -0.05) is 28.4 Å². The zero-order valence-electron chi connectivity index (χ0n) is 18.9. The molecule has 0 bridgehead atoms. The highest BCUT2D eigenvalue weighted by Gasteiger charge is 2.32.